The molecule has 2 nitrogen and oxygen atoms in total. The van der Waals surface area contributed by atoms with Crippen molar-refractivity contribution in [3.63, 3.8) is 0 Å². The molecule has 1 aliphatic carbocycles. The van der Waals surface area contributed by atoms with E-state index >= 15 is 0 Å². The lowest BCUT2D eigenvalue weighted by molar-refractivity contribution is 0.109. The van der Waals surface area contributed by atoms with Gasteiger partial charge in [0.15, 0.2) is 0 Å². The Morgan fingerprint density at radius 3 is 1.23 bits per heavy atom. The molecule has 0 aromatic rings. The summed E-state index contributed by atoms with van der Waals surface area (Å²) in [5, 5.41) is 3.16. The summed E-state index contributed by atoms with van der Waals surface area (Å²) in [4.78, 5) is 0. The van der Waals surface area contributed by atoms with Crippen LogP contribution in [0, 0.1) is 0 Å². The highest BCUT2D eigenvalue weighted by atomic mass is 16.5. The molecule has 1 saturated heterocycles. The molecule has 1 aliphatic heterocycles. The van der Waals surface area contributed by atoms with Gasteiger partial charge in [0.25, 0.3) is 0 Å². The van der Waals surface area contributed by atoms with E-state index < -0.39 is 0 Å². The van der Waals surface area contributed by atoms with Gasteiger partial charge in [0, 0.05) is 13.1 Å². The Hall–Kier alpha value is -0.0800. The van der Waals surface area contributed by atoms with Gasteiger partial charge in [-0.1, -0.05) is 46.0 Å². The average Bonchev–Trinajstić information content (AvgIpc) is 2.24. The SMILES string of the molecule is C.C1CCCCC1.C1COCCN1. The van der Waals surface area contributed by atoms with Crippen LogP contribution in [0.15, 0.2) is 0 Å². The van der Waals surface area contributed by atoms with Crippen LogP contribution in [0.2, 0.25) is 0 Å². The largest absolute Gasteiger partial charge is 0.379 e. The summed E-state index contributed by atoms with van der Waals surface area (Å²) >= 11 is 0. The van der Waals surface area contributed by atoms with Gasteiger partial charge in [-0.15, -0.1) is 0 Å². The molecule has 0 aromatic heterocycles. The molecule has 0 amide bonds. The van der Waals surface area contributed by atoms with Gasteiger partial charge in [-0.2, -0.15) is 0 Å². The lowest BCUT2D eigenvalue weighted by Crippen LogP contribution is -2.30. The summed E-state index contributed by atoms with van der Waals surface area (Å²) in [6.07, 6.45) is 9.00. The second-order valence-electron chi connectivity index (χ2n) is 3.48. The van der Waals surface area contributed by atoms with Crippen molar-refractivity contribution in [1.82, 2.24) is 5.32 Å². The van der Waals surface area contributed by atoms with Crippen molar-refractivity contribution in [3.05, 3.63) is 0 Å². The number of ether oxygens (including phenoxy) is 1. The Morgan fingerprint density at radius 1 is 0.692 bits per heavy atom. The van der Waals surface area contributed by atoms with Gasteiger partial charge >= 0.3 is 0 Å². The average molecular weight is 187 g/mol. The fraction of sp³-hybridized carbons (Fsp3) is 1.00. The van der Waals surface area contributed by atoms with E-state index in [0.717, 1.165) is 26.3 Å². The van der Waals surface area contributed by atoms with E-state index in [0.29, 0.717) is 0 Å². The molecular formula is C11H25NO. The zero-order valence-electron chi connectivity index (χ0n) is 7.98. The van der Waals surface area contributed by atoms with Gasteiger partial charge in [-0.25, -0.2) is 0 Å². The zero-order valence-corrected chi connectivity index (χ0v) is 7.98. The molecule has 2 fully saturated rings. The quantitative estimate of drug-likeness (QED) is 0.629. The molecule has 0 bridgehead atoms. The van der Waals surface area contributed by atoms with E-state index in [1.54, 1.807) is 0 Å². The minimum absolute atomic E-state index is 0. The van der Waals surface area contributed by atoms with Crippen molar-refractivity contribution in [2.45, 2.75) is 46.0 Å². The summed E-state index contributed by atoms with van der Waals surface area (Å²) < 4.78 is 5.01. The van der Waals surface area contributed by atoms with Crippen LogP contribution in [-0.2, 0) is 4.74 Å². The Balaban J connectivity index is 0.000000206. The molecule has 0 atom stereocenters. The summed E-state index contributed by atoms with van der Waals surface area (Å²) in [5.41, 5.74) is 0. The maximum absolute atomic E-state index is 5.01. The molecule has 2 heteroatoms. The minimum atomic E-state index is 0. The Bertz CT molecular complexity index is 53.1. The highest BCUT2D eigenvalue weighted by Crippen LogP contribution is 2.15. The van der Waals surface area contributed by atoms with Gasteiger partial charge < -0.3 is 10.1 Å². The van der Waals surface area contributed by atoms with Crippen molar-refractivity contribution in [2.24, 2.45) is 0 Å². The van der Waals surface area contributed by atoms with Crippen LogP contribution in [0.1, 0.15) is 46.0 Å². The first-order chi connectivity index (χ1) is 6.00. The summed E-state index contributed by atoms with van der Waals surface area (Å²) in [7, 11) is 0. The number of hydrogen-bond acceptors (Lipinski definition) is 2. The van der Waals surface area contributed by atoms with E-state index in [4.69, 9.17) is 4.74 Å². The van der Waals surface area contributed by atoms with E-state index in [1.807, 2.05) is 0 Å². The summed E-state index contributed by atoms with van der Waals surface area (Å²) in [5.74, 6) is 0. The second kappa shape index (κ2) is 10.0. The first kappa shape index (κ1) is 12.9. The van der Waals surface area contributed by atoms with Crippen LogP contribution >= 0.6 is 0 Å². The zero-order chi connectivity index (χ0) is 8.49. The third-order valence-corrected chi connectivity index (χ3v) is 2.35. The maximum Gasteiger partial charge on any atom is 0.0591 e. The minimum Gasteiger partial charge on any atom is -0.379 e. The molecule has 80 valence electrons. The fourth-order valence-corrected chi connectivity index (χ4v) is 1.58. The van der Waals surface area contributed by atoms with Gasteiger partial charge in [-0.3, -0.25) is 0 Å². The van der Waals surface area contributed by atoms with Crippen molar-refractivity contribution in [2.75, 3.05) is 26.3 Å². The number of hydrogen-bond donors (Lipinski definition) is 1. The highest BCUT2D eigenvalue weighted by Gasteiger charge is 1.95. The molecule has 2 rings (SSSR count). The van der Waals surface area contributed by atoms with Crippen LogP contribution in [0.4, 0.5) is 0 Å². The van der Waals surface area contributed by atoms with Crippen molar-refractivity contribution in [1.29, 1.82) is 0 Å². The molecule has 0 unspecified atom stereocenters. The third kappa shape index (κ3) is 8.26. The fourth-order valence-electron chi connectivity index (χ4n) is 1.58. The predicted octanol–water partition coefficient (Wildman–Crippen LogP) is 2.58. The highest BCUT2D eigenvalue weighted by molar-refractivity contribution is 4.51. The van der Waals surface area contributed by atoms with E-state index in [1.165, 1.54) is 38.5 Å². The van der Waals surface area contributed by atoms with Crippen LogP contribution in [-0.4, -0.2) is 26.3 Å². The molecule has 13 heavy (non-hydrogen) atoms. The summed E-state index contributed by atoms with van der Waals surface area (Å²) in [6, 6.07) is 0. The Morgan fingerprint density at radius 2 is 1.08 bits per heavy atom. The Labute approximate surface area is 83.1 Å². The van der Waals surface area contributed by atoms with Crippen molar-refractivity contribution in [3.8, 4) is 0 Å². The molecule has 1 heterocycles. The van der Waals surface area contributed by atoms with Gasteiger partial charge in [0.1, 0.15) is 0 Å². The number of rotatable bonds is 0. The molecule has 0 spiro atoms. The van der Waals surface area contributed by atoms with E-state index in [2.05, 4.69) is 5.32 Å². The predicted molar refractivity (Wildman–Crippen MR) is 58.1 cm³/mol. The Kier molecular flexibility index (Phi) is 9.94. The smallest absolute Gasteiger partial charge is 0.0591 e. The van der Waals surface area contributed by atoms with Crippen LogP contribution < -0.4 is 5.32 Å². The molecule has 1 N–H and O–H groups in total. The first-order valence-electron chi connectivity index (χ1n) is 5.28. The number of nitrogens with one attached hydrogen (secondary N) is 1. The normalized spacial score (nSPS) is 22.2. The maximum atomic E-state index is 5.01. The van der Waals surface area contributed by atoms with Crippen LogP contribution in [0.3, 0.4) is 0 Å². The van der Waals surface area contributed by atoms with Gasteiger partial charge in [0.2, 0.25) is 0 Å². The van der Waals surface area contributed by atoms with E-state index in [-0.39, 0.29) is 7.43 Å². The molecular weight excluding hydrogens is 162 g/mol. The molecule has 0 aromatic carbocycles. The second-order valence-corrected chi connectivity index (χ2v) is 3.48. The van der Waals surface area contributed by atoms with Gasteiger partial charge in [0.05, 0.1) is 13.2 Å². The van der Waals surface area contributed by atoms with Crippen LogP contribution in [0.25, 0.3) is 0 Å². The lowest BCUT2D eigenvalue weighted by atomic mass is 10.0. The van der Waals surface area contributed by atoms with Crippen LogP contribution in [0.5, 0.6) is 0 Å². The molecule has 2 aliphatic rings. The van der Waals surface area contributed by atoms with Crippen molar-refractivity contribution < 1.29 is 4.74 Å². The van der Waals surface area contributed by atoms with Crippen molar-refractivity contribution >= 4 is 0 Å². The summed E-state index contributed by atoms with van der Waals surface area (Å²) in [6.45, 7) is 3.83. The standard InChI is InChI=1S/C6H12.C4H9NO.CH4/c1-2-4-6-5-3-1;1-3-6-4-2-5-1;/h1-6H2;5H,1-4H2;1H4. The third-order valence-electron chi connectivity index (χ3n) is 2.35. The lowest BCUT2D eigenvalue weighted by Gasteiger charge is -2.10. The monoisotopic (exact) mass is 187 g/mol. The first-order valence-corrected chi connectivity index (χ1v) is 5.28. The number of morpholine rings is 1. The van der Waals surface area contributed by atoms with Gasteiger partial charge in [-0.05, 0) is 0 Å². The molecule has 0 radical (unpaired) electrons. The molecule has 1 saturated carbocycles. The van der Waals surface area contributed by atoms with E-state index in [9.17, 15) is 0 Å². The topological polar surface area (TPSA) is 21.3 Å².